The molecule has 1 aliphatic carbocycles. The maximum atomic E-state index is 12.8. The Bertz CT molecular complexity index is 940. The Labute approximate surface area is 173 Å². The van der Waals surface area contributed by atoms with E-state index < -0.39 is 0 Å². The standard InChI is InChI=1S/C24H33N3O2/c1-6-17-9-8-10-20(19(17)7-2)21-13-23(29)27(26-24(21)15(3)4)14-22(28)25-18-11-16(5)12-18/h8-10,13,15-16,18H,6-7,11-12,14H2,1-5H3,(H,25,28)/t16-,18-. The quantitative estimate of drug-likeness (QED) is 0.768. The van der Waals surface area contributed by atoms with Gasteiger partial charge in [-0.2, -0.15) is 5.10 Å². The number of rotatable bonds is 7. The number of carbonyl (C=O) groups is 1. The van der Waals surface area contributed by atoms with Gasteiger partial charge in [0.2, 0.25) is 5.91 Å². The average Bonchev–Trinajstić information content (AvgIpc) is 2.67. The van der Waals surface area contributed by atoms with Gasteiger partial charge < -0.3 is 5.32 Å². The number of hydrogen-bond acceptors (Lipinski definition) is 3. The Morgan fingerprint density at radius 1 is 1.21 bits per heavy atom. The van der Waals surface area contributed by atoms with Crippen LogP contribution in [0.25, 0.3) is 11.1 Å². The van der Waals surface area contributed by atoms with E-state index in [1.165, 1.54) is 15.8 Å². The van der Waals surface area contributed by atoms with Gasteiger partial charge in [-0.05, 0) is 54.2 Å². The van der Waals surface area contributed by atoms with Crippen LogP contribution in [0.4, 0.5) is 0 Å². The fourth-order valence-corrected chi connectivity index (χ4v) is 4.33. The Hall–Kier alpha value is -2.43. The van der Waals surface area contributed by atoms with Crippen LogP contribution in [-0.2, 0) is 24.2 Å². The second-order valence-electron chi connectivity index (χ2n) is 8.59. The third-order valence-electron chi connectivity index (χ3n) is 5.90. The molecule has 1 fully saturated rings. The van der Waals surface area contributed by atoms with Crippen molar-refractivity contribution in [1.82, 2.24) is 15.1 Å². The summed E-state index contributed by atoms with van der Waals surface area (Å²) in [4.78, 5) is 25.2. The predicted octanol–water partition coefficient (Wildman–Crippen LogP) is 4.07. The van der Waals surface area contributed by atoms with Crippen LogP contribution < -0.4 is 10.9 Å². The Morgan fingerprint density at radius 2 is 1.93 bits per heavy atom. The molecule has 1 amide bonds. The van der Waals surface area contributed by atoms with Crippen molar-refractivity contribution < 1.29 is 4.79 Å². The smallest absolute Gasteiger partial charge is 0.267 e. The summed E-state index contributed by atoms with van der Waals surface area (Å²) in [5.74, 6) is 0.670. The van der Waals surface area contributed by atoms with Crippen LogP contribution in [0.1, 0.15) is 70.2 Å². The molecule has 1 saturated carbocycles. The van der Waals surface area contributed by atoms with Crippen LogP contribution in [0.3, 0.4) is 0 Å². The molecule has 3 rings (SSSR count). The molecule has 1 N–H and O–H groups in total. The van der Waals surface area contributed by atoms with Gasteiger partial charge in [0, 0.05) is 17.7 Å². The molecule has 1 heterocycles. The van der Waals surface area contributed by atoms with Gasteiger partial charge in [0.15, 0.2) is 0 Å². The molecule has 1 aromatic carbocycles. The van der Waals surface area contributed by atoms with E-state index in [4.69, 9.17) is 0 Å². The molecular formula is C24H33N3O2. The number of amides is 1. The maximum absolute atomic E-state index is 12.8. The minimum atomic E-state index is -0.231. The van der Waals surface area contributed by atoms with Crippen LogP contribution >= 0.6 is 0 Å². The van der Waals surface area contributed by atoms with Gasteiger partial charge in [-0.15, -0.1) is 0 Å². The first-order chi connectivity index (χ1) is 13.8. The third-order valence-corrected chi connectivity index (χ3v) is 5.90. The maximum Gasteiger partial charge on any atom is 0.267 e. The molecule has 5 heteroatoms. The third kappa shape index (κ3) is 4.60. The number of hydrogen-bond donors (Lipinski definition) is 1. The lowest BCUT2D eigenvalue weighted by atomic mass is 9.82. The first kappa shape index (κ1) is 21.3. The lowest BCUT2D eigenvalue weighted by Crippen LogP contribution is -2.45. The molecule has 0 aliphatic heterocycles. The highest BCUT2D eigenvalue weighted by Gasteiger charge is 2.27. The Morgan fingerprint density at radius 3 is 2.52 bits per heavy atom. The van der Waals surface area contributed by atoms with Crippen molar-refractivity contribution in [3.63, 3.8) is 0 Å². The van der Waals surface area contributed by atoms with Crippen LogP contribution in [0.15, 0.2) is 29.1 Å². The molecule has 29 heavy (non-hydrogen) atoms. The second-order valence-corrected chi connectivity index (χ2v) is 8.59. The summed E-state index contributed by atoms with van der Waals surface area (Å²) in [5, 5.41) is 7.64. The molecule has 5 nitrogen and oxygen atoms in total. The van der Waals surface area contributed by atoms with Crippen LogP contribution in [-0.4, -0.2) is 21.7 Å². The van der Waals surface area contributed by atoms with E-state index in [1.807, 2.05) is 0 Å². The fourth-order valence-electron chi connectivity index (χ4n) is 4.33. The summed E-state index contributed by atoms with van der Waals surface area (Å²) in [5.41, 5.74) is 5.18. The molecule has 156 valence electrons. The molecule has 2 aromatic rings. The first-order valence-electron chi connectivity index (χ1n) is 10.9. The van der Waals surface area contributed by atoms with Crippen molar-refractivity contribution >= 4 is 5.91 Å². The van der Waals surface area contributed by atoms with Crippen molar-refractivity contribution in [3.05, 3.63) is 51.4 Å². The summed E-state index contributed by atoms with van der Waals surface area (Å²) in [7, 11) is 0. The highest BCUT2D eigenvalue weighted by atomic mass is 16.2. The Balaban J connectivity index is 1.95. The number of benzene rings is 1. The summed E-state index contributed by atoms with van der Waals surface area (Å²) < 4.78 is 1.31. The summed E-state index contributed by atoms with van der Waals surface area (Å²) in [6.07, 6.45) is 3.89. The largest absolute Gasteiger partial charge is 0.352 e. The van der Waals surface area contributed by atoms with Gasteiger partial charge in [0.05, 0.1) is 5.69 Å². The lowest BCUT2D eigenvalue weighted by molar-refractivity contribution is -0.123. The van der Waals surface area contributed by atoms with E-state index in [-0.39, 0.29) is 30.0 Å². The zero-order chi connectivity index (χ0) is 21.1. The highest BCUT2D eigenvalue weighted by molar-refractivity contribution is 5.76. The zero-order valence-electron chi connectivity index (χ0n) is 18.3. The zero-order valence-corrected chi connectivity index (χ0v) is 18.3. The van der Waals surface area contributed by atoms with Gasteiger partial charge in [-0.3, -0.25) is 9.59 Å². The number of nitrogens with zero attached hydrogens (tertiary/aromatic N) is 2. The number of aromatic nitrogens is 2. The topological polar surface area (TPSA) is 64.0 Å². The fraction of sp³-hybridized carbons (Fsp3) is 0.542. The minimum Gasteiger partial charge on any atom is -0.352 e. The van der Waals surface area contributed by atoms with Crippen molar-refractivity contribution in [2.45, 2.75) is 78.8 Å². The molecule has 0 bridgehead atoms. The number of nitrogens with one attached hydrogen (secondary N) is 1. The molecule has 1 aromatic heterocycles. The van der Waals surface area contributed by atoms with Crippen molar-refractivity contribution in [2.24, 2.45) is 5.92 Å². The monoisotopic (exact) mass is 395 g/mol. The SMILES string of the molecule is CCc1cccc(-c2cc(=O)n(CC(=O)N[C@H]3C[C@H](C)C3)nc2C(C)C)c1CC. The van der Waals surface area contributed by atoms with Crippen LogP contribution in [0.2, 0.25) is 0 Å². The van der Waals surface area contributed by atoms with E-state index in [2.05, 4.69) is 63.2 Å². The average molecular weight is 396 g/mol. The van der Waals surface area contributed by atoms with Crippen LogP contribution in [0.5, 0.6) is 0 Å². The molecule has 0 spiro atoms. The van der Waals surface area contributed by atoms with Gasteiger partial charge in [0.25, 0.3) is 5.56 Å². The van der Waals surface area contributed by atoms with Crippen molar-refractivity contribution in [3.8, 4) is 11.1 Å². The van der Waals surface area contributed by atoms with E-state index in [0.29, 0.717) is 5.92 Å². The van der Waals surface area contributed by atoms with Crippen LogP contribution in [0, 0.1) is 5.92 Å². The minimum absolute atomic E-state index is 0.0284. The van der Waals surface area contributed by atoms with E-state index in [0.717, 1.165) is 42.5 Å². The Kier molecular flexibility index (Phi) is 6.56. The van der Waals surface area contributed by atoms with Crippen molar-refractivity contribution in [2.75, 3.05) is 0 Å². The van der Waals surface area contributed by atoms with Gasteiger partial charge in [-0.1, -0.05) is 52.8 Å². The van der Waals surface area contributed by atoms with Crippen molar-refractivity contribution in [1.29, 1.82) is 0 Å². The van der Waals surface area contributed by atoms with E-state index in [1.54, 1.807) is 6.07 Å². The summed E-state index contributed by atoms with van der Waals surface area (Å²) >= 11 is 0. The van der Waals surface area contributed by atoms with Gasteiger partial charge in [-0.25, -0.2) is 4.68 Å². The van der Waals surface area contributed by atoms with E-state index in [9.17, 15) is 9.59 Å². The molecule has 0 saturated heterocycles. The molecule has 0 unspecified atom stereocenters. The normalized spacial score (nSPS) is 18.6. The van der Waals surface area contributed by atoms with Gasteiger partial charge >= 0.3 is 0 Å². The number of carbonyl (C=O) groups excluding carboxylic acids is 1. The predicted molar refractivity (Wildman–Crippen MR) is 117 cm³/mol. The first-order valence-corrected chi connectivity index (χ1v) is 10.9. The lowest BCUT2D eigenvalue weighted by Gasteiger charge is -2.33. The highest BCUT2D eigenvalue weighted by Crippen LogP contribution is 2.31. The second kappa shape index (κ2) is 8.93. The van der Waals surface area contributed by atoms with Gasteiger partial charge in [0.1, 0.15) is 6.54 Å². The molecule has 1 aliphatic rings. The van der Waals surface area contributed by atoms with E-state index >= 15 is 0 Å². The molecule has 0 radical (unpaired) electrons. The molecule has 0 atom stereocenters. The summed E-state index contributed by atoms with van der Waals surface area (Å²) in [6.45, 7) is 10.6. The number of aryl methyl sites for hydroxylation is 1. The summed E-state index contributed by atoms with van der Waals surface area (Å²) in [6, 6.07) is 8.18. The molecular weight excluding hydrogens is 362 g/mol.